The predicted molar refractivity (Wildman–Crippen MR) is 75.3 cm³/mol. The lowest BCUT2D eigenvalue weighted by Crippen LogP contribution is -2.29. The number of nitrogens with zero attached hydrogens (tertiary/aromatic N) is 1. The van der Waals surface area contributed by atoms with Crippen molar-refractivity contribution in [2.75, 3.05) is 20.2 Å². The van der Waals surface area contributed by atoms with E-state index in [1.807, 2.05) is 0 Å². The summed E-state index contributed by atoms with van der Waals surface area (Å²) in [6, 6.07) is 7.18. The summed E-state index contributed by atoms with van der Waals surface area (Å²) in [6.45, 7) is 4.74. The summed E-state index contributed by atoms with van der Waals surface area (Å²) in [7, 11) is -2.04. The number of rotatable bonds is 7. The molecule has 0 atom stereocenters. The van der Waals surface area contributed by atoms with Gasteiger partial charge in [0, 0.05) is 26.2 Å². The first kappa shape index (κ1) is 16.1. The fraction of sp³-hybridized carbons (Fsp3) is 0.538. The summed E-state index contributed by atoms with van der Waals surface area (Å²) < 4.78 is 25.3. The van der Waals surface area contributed by atoms with E-state index in [1.54, 1.807) is 24.3 Å². The summed E-state index contributed by atoms with van der Waals surface area (Å²) >= 11 is 0. The van der Waals surface area contributed by atoms with E-state index in [9.17, 15) is 8.42 Å². The molecule has 0 radical (unpaired) electrons. The first-order valence-corrected chi connectivity index (χ1v) is 7.71. The topological polar surface area (TPSA) is 69.6 Å². The predicted octanol–water partition coefficient (Wildman–Crippen LogP) is 0.797. The highest BCUT2D eigenvalue weighted by Gasteiger charge is 2.19. The largest absolute Gasteiger partial charge is 0.395 e. The zero-order valence-corrected chi connectivity index (χ0v) is 12.4. The second-order valence-corrected chi connectivity index (χ2v) is 6.77. The van der Waals surface area contributed by atoms with Gasteiger partial charge >= 0.3 is 0 Å². The van der Waals surface area contributed by atoms with E-state index >= 15 is 0 Å². The first-order valence-electron chi connectivity index (χ1n) is 6.27. The molecule has 0 bridgehead atoms. The van der Waals surface area contributed by atoms with E-state index < -0.39 is 10.0 Å². The molecule has 0 heterocycles. The molecule has 0 aromatic heterocycles. The first-order chi connectivity index (χ1) is 8.87. The molecule has 0 aliphatic rings. The number of hydrogen-bond donors (Lipinski definition) is 2. The van der Waals surface area contributed by atoms with Gasteiger partial charge in [0.25, 0.3) is 0 Å². The summed E-state index contributed by atoms with van der Waals surface area (Å²) in [4.78, 5) is 0.247. The average Bonchev–Trinajstić information content (AvgIpc) is 2.37. The monoisotopic (exact) mass is 286 g/mol. The maximum Gasteiger partial charge on any atom is 0.242 e. The van der Waals surface area contributed by atoms with Crippen LogP contribution in [0, 0.1) is 0 Å². The van der Waals surface area contributed by atoms with Crippen LogP contribution in [0.15, 0.2) is 29.2 Å². The van der Waals surface area contributed by atoms with Gasteiger partial charge < -0.3 is 10.4 Å². The van der Waals surface area contributed by atoms with E-state index in [0.29, 0.717) is 12.6 Å². The van der Waals surface area contributed by atoms with Gasteiger partial charge in [-0.2, -0.15) is 4.31 Å². The Kier molecular flexibility index (Phi) is 5.93. The third-order valence-corrected chi connectivity index (χ3v) is 4.63. The highest BCUT2D eigenvalue weighted by Crippen LogP contribution is 2.15. The molecule has 6 heteroatoms. The molecule has 108 valence electrons. The second kappa shape index (κ2) is 7.00. The van der Waals surface area contributed by atoms with Gasteiger partial charge in [0.05, 0.1) is 11.5 Å². The molecule has 0 spiro atoms. The summed E-state index contributed by atoms with van der Waals surface area (Å²) in [6.07, 6.45) is 0. The Morgan fingerprint density at radius 1 is 1.26 bits per heavy atom. The molecule has 5 nitrogen and oxygen atoms in total. The van der Waals surface area contributed by atoms with Gasteiger partial charge in [-0.05, 0) is 17.7 Å². The molecular weight excluding hydrogens is 264 g/mol. The van der Waals surface area contributed by atoms with Crippen LogP contribution in [0.4, 0.5) is 0 Å². The number of hydrogen-bond acceptors (Lipinski definition) is 4. The van der Waals surface area contributed by atoms with Crippen LogP contribution in [0.5, 0.6) is 0 Å². The summed E-state index contributed by atoms with van der Waals surface area (Å²) in [5.74, 6) is 0. The second-order valence-electron chi connectivity index (χ2n) is 4.73. The molecule has 1 aromatic carbocycles. The molecule has 1 rings (SSSR count). The molecule has 0 fully saturated rings. The van der Waals surface area contributed by atoms with E-state index in [1.165, 1.54) is 7.05 Å². The zero-order chi connectivity index (χ0) is 14.5. The minimum atomic E-state index is -3.50. The van der Waals surface area contributed by atoms with E-state index in [4.69, 9.17) is 5.11 Å². The smallest absolute Gasteiger partial charge is 0.242 e. The van der Waals surface area contributed by atoms with Crippen molar-refractivity contribution in [3.63, 3.8) is 0 Å². The lowest BCUT2D eigenvalue weighted by Gasteiger charge is -2.16. The van der Waals surface area contributed by atoms with Crippen molar-refractivity contribution in [3.05, 3.63) is 29.8 Å². The number of aliphatic hydroxyl groups is 1. The van der Waals surface area contributed by atoms with Crippen molar-refractivity contribution >= 4 is 10.0 Å². The molecule has 0 aliphatic heterocycles. The Labute approximate surface area is 115 Å². The normalized spacial score (nSPS) is 12.3. The van der Waals surface area contributed by atoms with Gasteiger partial charge in [0.15, 0.2) is 0 Å². The van der Waals surface area contributed by atoms with Gasteiger partial charge in [-0.15, -0.1) is 0 Å². The van der Waals surface area contributed by atoms with Crippen molar-refractivity contribution in [3.8, 4) is 0 Å². The lowest BCUT2D eigenvalue weighted by atomic mass is 10.2. The Morgan fingerprint density at radius 3 is 2.32 bits per heavy atom. The summed E-state index contributed by atoms with van der Waals surface area (Å²) in [5.41, 5.74) is 1.04. The molecule has 0 amide bonds. The Balaban J connectivity index is 2.80. The fourth-order valence-corrected chi connectivity index (χ4v) is 2.70. The molecule has 0 saturated heterocycles. The number of nitrogens with one attached hydrogen (secondary N) is 1. The third-order valence-electron chi connectivity index (χ3n) is 2.76. The van der Waals surface area contributed by atoms with E-state index in [2.05, 4.69) is 19.2 Å². The van der Waals surface area contributed by atoms with E-state index in [0.717, 1.165) is 9.87 Å². The lowest BCUT2D eigenvalue weighted by molar-refractivity contribution is 0.266. The van der Waals surface area contributed by atoms with Crippen molar-refractivity contribution in [1.29, 1.82) is 0 Å². The quantitative estimate of drug-likeness (QED) is 0.778. The maximum absolute atomic E-state index is 12.1. The highest BCUT2D eigenvalue weighted by atomic mass is 32.2. The third kappa shape index (κ3) is 4.58. The molecule has 19 heavy (non-hydrogen) atoms. The van der Waals surface area contributed by atoms with Crippen LogP contribution < -0.4 is 5.32 Å². The van der Waals surface area contributed by atoms with Crippen LogP contribution >= 0.6 is 0 Å². The Bertz CT molecular complexity index is 483. The van der Waals surface area contributed by atoms with Crippen LogP contribution in [0.3, 0.4) is 0 Å². The SMILES string of the molecule is CC(C)NCc1ccc(S(=O)(=O)N(C)CCO)cc1. The van der Waals surface area contributed by atoms with Crippen molar-refractivity contribution in [2.24, 2.45) is 0 Å². The van der Waals surface area contributed by atoms with Crippen molar-refractivity contribution in [1.82, 2.24) is 9.62 Å². The number of likely N-dealkylation sites (N-methyl/N-ethyl adjacent to an activating group) is 1. The van der Waals surface area contributed by atoms with Crippen LogP contribution in [0.2, 0.25) is 0 Å². The van der Waals surface area contributed by atoms with Crippen LogP contribution in [-0.2, 0) is 16.6 Å². The minimum absolute atomic E-state index is 0.0962. The average molecular weight is 286 g/mol. The van der Waals surface area contributed by atoms with Gasteiger partial charge in [-0.1, -0.05) is 26.0 Å². The van der Waals surface area contributed by atoms with Gasteiger partial charge in [-0.25, -0.2) is 8.42 Å². The molecule has 0 saturated carbocycles. The molecule has 0 unspecified atom stereocenters. The van der Waals surface area contributed by atoms with Crippen molar-refractivity contribution in [2.45, 2.75) is 31.3 Å². The van der Waals surface area contributed by atoms with Crippen LogP contribution in [0.25, 0.3) is 0 Å². The maximum atomic E-state index is 12.1. The van der Waals surface area contributed by atoms with Crippen LogP contribution in [-0.4, -0.2) is 44.1 Å². The standard InChI is InChI=1S/C13H22N2O3S/c1-11(2)14-10-12-4-6-13(7-5-12)19(17,18)15(3)8-9-16/h4-7,11,14,16H,8-10H2,1-3H3. The minimum Gasteiger partial charge on any atom is -0.395 e. The highest BCUT2D eigenvalue weighted by molar-refractivity contribution is 7.89. The Morgan fingerprint density at radius 2 is 1.84 bits per heavy atom. The summed E-state index contributed by atoms with van der Waals surface area (Å²) in [5, 5.41) is 12.1. The fourth-order valence-electron chi connectivity index (χ4n) is 1.54. The van der Waals surface area contributed by atoms with Gasteiger partial charge in [0.2, 0.25) is 10.0 Å². The number of aliphatic hydroxyl groups excluding tert-OH is 1. The van der Waals surface area contributed by atoms with Gasteiger partial charge in [0.1, 0.15) is 0 Å². The number of sulfonamides is 1. The van der Waals surface area contributed by atoms with Crippen molar-refractivity contribution < 1.29 is 13.5 Å². The van der Waals surface area contributed by atoms with Crippen LogP contribution in [0.1, 0.15) is 19.4 Å². The Hall–Kier alpha value is -0.950. The molecule has 0 aliphatic carbocycles. The number of benzene rings is 1. The van der Waals surface area contributed by atoms with E-state index in [-0.39, 0.29) is 18.0 Å². The zero-order valence-electron chi connectivity index (χ0n) is 11.6. The molecular formula is C13H22N2O3S. The molecule has 2 N–H and O–H groups in total. The van der Waals surface area contributed by atoms with Gasteiger partial charge in [-0.3, -0.25) is 0 Å². The molecule has 1 aromatic rings.